The van der Waals surface area contributed by atoms with Crippen molar-refractivity contribution in [1.29, 1.82) is 0 Å². The molecule has 0 saturated heterocycles. The zero-order valence-corrected chi connectivity index (χ0v) is 11.1. The van der Waals surface area contributed by atoms with E-state index in [4.69, 9.17) is 17.0 Å². The zero-order chi connectivity index (χ0) is 13.1. The summed E-state index contributed by atoms with van der Waals surface area (Å²) >= 11 is 5.13. The van der Waals surface area contributed by atoms with Crippen LogP contribution >= 0.6 is 12.2 Å². The third kappa shape index (κ3) is 2.28. The molecule has 0 unspecified atom stereocenters. The number of nitrogens with one attached hydrogen (secondary N) is 1. The Morgan fingerprint density at radius 2 is 2.28 bits per heavy atom. The minimum absolute atomic E-state index is 0.374. The van der Waals surface area contributed by atoms with Crippen LogP contribution in [0.4, 0.5) is 4.39 Å². The van der Waals surface area contributed by atoms with Crippen LogP contribution < -0.4 is 4.74 Å². The third-order valence-corrected chi connectivity index (χ3v) is 2.93. The maximum Gasteiger partial charge on any atom is 0.195 e. The highest BCUT2D eigenvalue weighted by molar-refractivity contribution is 7.71. The molecule has 2 rings (SSSR count). The van der Waals surface area contributed by atoms with Crippen LogP contribution in [0.3, 0.4) is 0 Å². The highest BCUT2D eigenvalue weighted by Crippen LogP contribution is 2.25. The molecule has 0 radical (unpaired) electrons. The third-order valence-electron chi connectivity index (χ3n) is 2.62. The number of hydrogen-bond acceptors (Lipinski definition) is 3. The lowest BCUT2D eigenvalue weighted by Gasteiger charge is -2.07. The predicted octanol–water partition coefficient (Wildman–Crippen LogP) is 3.17. The minimum atomic E-state index is -0.374. The smallest absolute Gasteiger partial charge is 0.195 e. The van der Waals surface area contributed by atoms with E-state index in [1.807, 2.05) is 6.92 Å². The first-order valence-corrected chi connectivity index (χ1v) is 6.07. The molecule has 2 aromatic rings. The van der Waals surface area contributed by atoms with Gasteiger partial charge in [-0.25, -0.2) is 4.39 Å². The number of H-pyrrole nitrogens is 1. The quantitative estimate of drug-likeness (QED) is 0.865. The summed E-state index contributed by atoms with van der Waals surface area (Å²) in [6.45, 7) is 2.74. The number of halogens is 1. The topological polar surface area (TPSA) is 42.8 Å². The summed E-state index contributed by atoms with van der Waals surface area (Å²) < 4.78 is 21.2. The maximum atomic E-state index is 14.0. The number of ether oxygens (including phenoxy) is 1. The average Bonchev–Trinajstić information content (AvgIpc) is 2.72. The number of aromatic amines is 1. The van der Waals surface area contributed by atoms with Gasteiger partial charge in [-0.15, -0.1) is 0 Å². The molecule has 96 valence electrons. The Balaban J connectivity index is 2.52. The number of methoxy groups -OCH3 is 1. The molecule has 1 aromatic heterocycles. The average molecular weight is 267 g/mol. The van der Waals surface area contributed by atoms with E-state index in [0.29, 0.717) is 28.5 Å². The second-order valence-corrected chi connectivity index (χ2v) is 4.24. The molecule has 0 aliphatic rings. The lowest BCUT2D eigenvalue weighted by atomic mass is 10.2. The van der Waals surface area contributed by atoms with Crippen LogP contribution in [0.2, 0.25) is 0 Å². The lowest BCUT2D eigenvalue weighted by molar-refractivity contribution is 0.411. The van der Waals surface area contributed by atoms with Crippen molar-refractivity contribution in [2.45, 2.75) is 19.9 Å². The van der Waals surface area contributed by atoms with Crippen LogP contribution in [-0.2, 0) is 6.54 Å². The summed E-state index contributed by atoms with van der Waals surface area (Å²) in [5.74, 6) is 0.620. The molecule has 0 atom stereocenters. The molecule has 6 heteroatoms. The standard InChI is InChI=1S/C12H14FN3OS/c1-3-6-16-11(14-15-12(16)18)9-5-4-8(17-2)7-10(9)13/h4-5,7H,3,6H2,1-2H3,(H,15,18). The number of aromatic nitrogens is 3. The van der Waals surface area contributed by atoms with Gasteiger partial charge in [0.15, 0.2) is 10.6 Å². The summed E-state index contributed by atoms with van der Waals surface area (Å²) in [7, 11) is 1.50. The van der Waals surface area contributed by atoms with Crippen molar-refractivity contribution in [3.05, 3.63) is 28.8 Å². The molecule has 18 heavy (non-hydrogen) atoms. The molecule has 0 bridgehead atoms. The summed E-state index contributed by atoms with van der Waals surface area (Å²) in [5, 5.41) is 6.78. The van der Waals surface area contributed by atoms with Gasteiger partial charge >= 0.3 is 0 Å². The van der Waals surface area contributed by atoms with Crippen molar-refractivity contribution < 1.29 is 9.13 Å². The van der Waals surface area contributed by atoms with Crippen LogP contribution in [0.15, 0.2) is 18.2 Å². The van der Waals surface area contributed by atoms with Crippen molar-refractivity contribution in [2.75, 3.05) is 7.11 Å². The van der Waals surface area contributed by atoms with Crippen LogP contribution in [0.5, 0.6) is 5.75 Å². The van der Waals surface area contributed by atoms with Crippen LogP contribution in [-0.4, -0.2) is 21.9 Å². The van der Waals surface area contributed by atoms with Gasteiger partial charge in [-0.1, -0.05) is 6.92 Å². The first kappa shape index (κ1) is 12.8. The van der Waals surface area contributed by atoms with Gasteiger partial charge in [0.2, 0.25) is 0 Å². The molecule has 0 saturated carbocycles. The number of rotatable bonds is 4. The Morgan fingerprint density at radius 3 is 2.89 bits per heavy atom. The highest BCUT2D eigenvalue weighted by Gasteiger charge is 2.13. The molecule has 0 fully saturated rings. The fourth-order valence-electron chi connectivity index (χ4n) is 1.76. The highest BCUT2D eigenvalue weighted by atomic mass is 32.1. The molecule has 0 amide bonds. The number of nitrogens with zero attached hydrogens (tertiary/aromatic N) is 2. The minimum Gasteiger partial charge on any atom is -0.497 e. The molecule has 1 aromatic carbocycles. The van der Waals surface area contributed by atoms with Crippen molar-refractivity contribution in [1.82, 2.24) is 14.8 Å². The Labute approximate surface area is 109 Å². The number of benzene rings is 1. The Hall–Kier alpha value is -1.69. The summed E-state index contributed by atoms with van der Waals surface area (Å²) in [6.07, 6.45) is 0.901. The Morgan fingerprint density at radius 1 is 1.50 bits per heavy atom. The van der Waals surface area contributed by atoms with Gasteiger partial charge in [0.25, 0.3) is 0 Å². The van der Waals surface area contributed by atoms with E-state index >= 15 is 0 Å². The van der Waals surface area contributed by atoms with Gasteiger partial charge in [0, 0.05) is 12.6 Å². The maximum absolute atomic E-state index is 14.0. The molecule has 1 N–H and O–H groups in total. The van der Waals surface area contributed by atoms with Crippen LogP contribution in [0.25, 0.3) is 11.4 Å². The monoisotopic (exact) mass is 267 g/mol. The van der Waals surface area contributed by atoms with Crippen molar-refractivity contribution in [2.24, 2.45) is 0 Å². The van der Waals surface area contributed by atoms with E-state index in [2.05, 4.69) is 10.2 Å². The molecule has 0 spiro atoms. The first-order valence-electron chi connectivity index (χ1n) is 5.66. The second-order valence-electron chi connectivity index (χ2n) is 3.85. The lowest BCUT2D eigenvalue weighted by Crippen LogP contribution is -2.01. The van der Waals surface area contributed by atoms with E-state index in [-0.39, 0.29) is 5.82 Å². The Kier molecular flexibility index (Phi) is 3.76. The summed E-state index contributed by atoms with van der Waals surface area (Å²) in [4.78, 5) is 0. The fourth-order valence-corrected chi connectivity index (χ4v) is 1.98. The first-order chi connectivity index (χ1) is 8.67. The van der Waals surface area contributed by atoms with Gasteiger partial charge in [0.1, 0.15) is 11.6 Å². The fraction of sp³-hybridized carbons (Fsp3) is 0.333. The molecule has 0 aliphatic carbocycles. The molecule has 0 aliphatic heterocycles. The van der Waals surface area contributed by atoms with E-state index < -0.39 is 0 Å². The van der Waals surface area contributed by atoms with Gasteiger partial charge < -0.3 is 9.30 Å². The van der Waals surface area contributed by atoms with E-state index in [0.717, 1.165) is 6.42 Å². The Bertz CT molecular complexity index is 606. The zero-order valence-electron chi connectivity index (χ0n) is 10.2. The number of hydrogen-bond donors (Lipinski definition) is 1. The summed E-state index contributed by atoms with van der Waals surface area (Å²) in [6, 6.07) is 4.68. The van der Waals surface area contributed by atoms with Crippen molar-refractivity contribution >= 4 is 12.2 Å². The molecular weight excluding hydrogens is 253 g/mol. The van der Waals surface area contributed by atoms with Crippen LogP contribution in [0.1, 0.15) is 13.3 Å². The van der Waals surface area contributed by atoms with E-state index in [9.17, 15) is 4.39 Å². The normalized spacial score (nSPS) is 10.6. The van der Waals surface area contributed by atoms with Gasteiger partial charge in [-0.05, 0) is 30.8 Å². The SMILES string of the molecule is CCCn1c(-c2ccc(OC)cc2F)n[nH]c1=S. The predicted molar refractivity (Wildman–Crippen MR) is 69.6 cm³/mol. The molecular formula is C12H14FN3OS. The van der Waals surface area contributed by atoms with E-state index in [1.54, 1.807) is 16.7 Å². The van der Waals surface area contributed by atoms with E-state index in [1.165, 1.54) is 13.2 Å². The van der Waals surface area contributed by atoms with Gasteiger partial charge in [0.05, 0.1) is 12.7 Å². The molecule has 1 heterocycles. The van der Waals surface area contributed by atoms with Gasteiger partial charge in [-0.3, -0.25) is 5.10 Å². The molecule has 4 nitrogen and oxygen atoms in total. The van der Waals surface area contributed by atoms with Crippen molar-refractivity contribution in [3.63, 3.8) is 0 Å². The summed E-state index contributed by atoms with van der Waals surface area (Å²) in [5.41, 5.74) is 0.414. The van der Waals surface area contributed by atoms with Crippen molar-refractivity contribution in [3.8, 4) is 17.1 Å². The van der Waals surface area contributed by atoms with Crippen LogP contribution in [0, 0.1) is 10.6 Å². The van der Waals surface area contributed by atoms with Gasteiger partial charge in [-0.2, -0.15) is 5.10 Å². The largest absolute Gasteiger partial charge is 0.497 e. The second kappa shape index (κ2) is 5.30.